The molecular weight excluding hydrogens is 309 g/mol. The lowest BCUT2D eigenvalue weighted by Crippen LogP contribution is -2.29. The van der Waals surface area contributed by atoms with E-state index in [1.165, 1.54) is 6.07 Å². The molecule has 2 aromatic carbocycles. The highest BCUT2D eigenvalue weighted by Gasteiger charge is 2.36. The smallest absolute Gasteiger partial charge is 0.266 e. The van der Waals surface area contributed by atoms with Crippen LogP contribution in [0.4, 0.5) is 10.1 Å². The molecule has 2 aromatic rings. The lowest BCUT2D eigenvalue weighted by Gasteiger charge is -2.16. The number of amides is 2. The molecule has 112 valence electrons. The van der Waals surface area contributed by atoms with Crippen LogP contribution in [0.25, 0.3) is 0 Å². The molecule has 0 unspecified atom stereocenters. The second-order valence-electron chi connectivity index (χ2n) is 4.66. The number of hydrogen-bond acceptors (Lipinski definition) is 3. The van der Waals surface area contributed by atoms with Gasteiger partial charge in [0.2, 0.25) is 0 Å². The summed E-state index contributed by atoms with van der Waals surface area (Å²) < 4.78 is 19.2. The standard InChI is InChI=1S/C16H11ClFNO3/c1-2-22-14-12(17)7-9(8-13(14)18)19-15(20)10-5-3-4-6-11(10)16(19)21/h3-8H,2H2,1H3. The summed E-state index contributed by atoms with van der Waals surface area (Å²) in [5, 5.41) is 0.00778. The number of imide groups is 1. The van der Waals surface area contributed by atoms with Gasteiger partial charge in [-0.3, -0.25) is 9.59 Å². The molecule has 0 aromatic heterocycles. The number of benzene rings is 2. The Hall–Kier alpha value is -2.40. The van der Waals surface area contributed by atoms with E-state index in [2.05, 4.69) is 0 Å². The summed E-state index contributed by atoms with van der Waals surface area (Å²) in [5.74, 6) is -1.81. The minimum Gasteiger partial charge on any atom is -0.489 e. The lowest BCUT2D eigenvalue weighted by atomic mass is 10.1. The average Bonchev–Trinajstić information content (AvgIpc) is 2.75. The van der Waals surface area contributed by atoms with Gasteiger partial charge in [-0.1, -0.05) is 23.7 Å². The highest BCUT2D eigenvalue weighted by atomic mass is 35.5. The van der Waals surface area contributed by atoms with Gasteiger partial charge in [0, 0.05) is 6.07 Å². The fourth-order valence-electron chi connectivity index (χ4n) is 2.38. The number of carbonyl (C=O) groups is 2. The van der Waals surface area contributed by atoms with Crippen molar-refractivity contribution in [2.75, 3.05) is 11.5 Å². The summed E-state index contributed by atoms with van der Waals surface area (Å²) in [6, 6.07) is 8.86. The van der Waals surface area contributed by atoms with E-state index in [4.69, 9.17) is 16.3 Å². The zero-order valence-electron chi connectivity index (χ0n) is 11.6. The second kappa shape index (κ2) is 5.42. The van der Waals surface area contributed by atoms with Crippen LogP contribution in [0.3, 0.4) is 0 Å². The van der Waals surface area contributed by atoms with Crippen molar-refractivity contribution in [3.05, 3.63) is 58.4 Å². The van der Waals surface area contributed by atoms with Gasteiger partial charge in [0.25, 0.3) is 11.8 Å². The molecule has 1 aliphatic rings. The van der Waals surface area contributed by atoms with Gasteiger partial charge in [-0.05, 0) is 25.1 Å². The third kappa shape index (κ3) is 2.14. The first-order valence-corrected chi connectivity index (χ1v) is 7.02. The van der Waals surface area contributed by atoms with Crippen molar-refractivity contribution >= 4 is 29.1 Å². The molecule has 0 fully saturated rings. The first-order valence-electron chi connectivity index (χ1n) is 6.64. The van der Waals surface area contributed by atoms with Crippen molar-refractivity contribution in [1.82, 2.24) is 0 Å². The molecule has 0 saturated heterocycles. The molecule has 0 radical (unpaired) electrons. The molecule has 0 N–H and O–H groups in total. The Morgan fingerprint density at radius 3 is 2.23 bits per heavy atom. The van der Waals surface area contributed by atoms with Crippen molar-refractivity contribution < 1.29 is 18.7 Å². The van der Waals surface area contributed by atoms with E-state index in [9.17, 15) is 14.0 Å². The summed E-state index contributed by atoms with van der Waals surface area (Å²) in [6.45, 7) is 1.96. The average molecular weight is 320 g/mol. The second-order valence-corrected chi connectivity index (χ2v) is 5.07. The van der Waals surface area contributed by atoms with Gasteiger partial charge in [-0.25, -0.2) is 9.29 Å². The Bertz CT molecular complexity index is 733. The van der Waals surface area contributed by atoms with Gasteiger partial charge >= 0.3 is 0 Å². The van der Waals surface area contributed by atoms with Crippen molar-refractivity contribution in [3.8, 4) is 5.75 Å². The zero-order chi connectivity index (χ0) is 15.9. The predicted octanol–water partition coefficient (Wildman–Crippen LogP) is 3.68. The van der Waals surface area contributed by atoms with Crippen LogP contribution in [-0.4, -0.2) is 18.4 Å². The number of ether oxygens (including phenoxy) is 1. The third-order valence-corrected chi connectivity index (χ3v) is 3.60. The van der Waals surface area contributed by atoms with Crippen molar-refractivity contribution in [2.24, 2.45) is 0 Å². The highest BCUT2D eigenvalue weighted by Crippen LogP contribution is 2.36. The van der Waals surface area contributed by atoms with Crippen molar-refractivity contribution in [1.29, 1.82) is 0 Å². The normalized spacial score (nSPS) is 13.5. The van der Waals surface area contributed by atoms with Crippen LogP contribution < -0.4 is 9.64 Å². The van der Waals surface area contributed by atoms with Gasteiger partial charge in [-0.2, -0.15) is 0 Å². The molecule has 1 heterocycles. The van der Waals surface area contributed by atoms with E-state index in [1.54, 1.807) is 31.2 Å². The molecule has 3 rings (SSSR count). The van der Waals surface area contributed by atoms with Crippen molar-refractivity contribution in [2.45, 2.75) is 6.92 Å². The van der Waals surface area contributed by atoms with E-state index < -0.39 is 17.6 Å². The van der Waals surface area contributed by atoms with Crippen LogP contribution in [-0.2, 0) is 0 Å². The Balaban J connectivity index is 2.07. The number of nitrogens with zero attached hydrogens (tertiary/aromatic N) is 1. The summed E-state index contributed by atoms with van der Waals surface area (Å²) in [4.78, 5) is 25.6. The number of fused-ring (bicyclic) bond motifs is 1. The fraction of sp³-hybridized carbons (Fsp3) is 0.125. The van der Waals surface area contributed by atoms with Gasteiger partial charge in [0.1, 0.15) is 0 Å². The van der Waals surface area contributed by atoms with Crippen LogP contribution in [0.2, 0.25) is 5.02 Å². The van der Waals surface area contributed by atoms with Gasteiger partial charge in [0.15, 0.2) is 11.6 Å². The maximum Gasteiger partial charge on any atom is 0.266 e. The highest BCUT2D eigenvalue weighted by molar-refractivity contribution is 6.36. The SMILES string of the molecule is CCOc1c(F)cc(N2C(=O)c3ccccc3C2=O)cc1Cl. The fourth-order valence-corrected chi connectivity index (χ4v) is 2.64. The van der Waals surface area contributed by atoms with Gasteiger partial charge < -0.3 is 4.74 Å². The number of anilines is 1. The molecule has 0 spiro atoms. The number of halogens is 2. The van der Waals surface area contributed by atoms with Crippen LogP contribution in [0.1, 0.15) is 27.6 Å². The van der Waals surface area contributed by atoms with Crippen LogP contribution >= 0.6 is 11.6 Å². The number of carbonyl (C=O) groups excluding carboxylic acids is 2. The summed E-state index contributed by atoms with van der Waals surface area (Å²) >= 11 is 5.98. The van der Waals surface area contributed by atoms with Gasteiger partial charge in [-0.15, -0.1) is 0 Å². The molecule has 0 bridgehead atoms. The first kappa shape index (κ1) is 14.5. The summed E-state index contributed by atoms with van der Waals surface area (Å²) in [5.41, 5.74) is 0.660. The van der Waals surface area contributed by atoms with Crippen molar-refractivity contribution in [3.63, 3.8) is 0 Å². The van der Waals surface area contributed by atoms with E-state index >= 15 is 0 Å². The molecule has 0 atom stereocenters. The van der Waals surface area contributed by atoms with Gasteiger partial charge in [0.05, 0.1) is 28.4 Å². The van der Waals surface area contributed by atoms with E-state index in [1.807, 2.05) is 0 Å². The Morgan fingerprint density at radius 2 is 1.73 bits per heavy atom. The first-order chi connectivity index (χ1) is 10.5. The third-order valence-electron chi connectivity index (χ3n) is 3.32. The molecule has 2 amide bonds. The van der Waals surface area contributed by atoms with Crippen LogP contribution in [0, 0.1) is 5.82 Å². The minimum absolute atomic E-state index is 0.00778. The summed E-state index contributed by atoms with van der Waals surface area (Å²) in [6.07, 6.45) is 0. The molecule has 6 heteroatoms. The maximum absolute atomic E-state index is 14.1. The lowest BCUT2D eigenvalue weighted by molar-refractivity contribution is 0.0926. The Morgan fingerprint density at radius 1 is 1.14 bits per heavy atom. The molecule has 22 heavy (non-hydrogen) atoms. The number of hydrogen-bond donors (Lipinski definition) is 0. The summed E-state index contributed by atoms with van der Waals surface area (Å²) in [7, 11) is 0. The van der Waals surface area contributed by atoms with E-state index in [0.29, 0.717) is 0 Å². The monoisotopic (exact) mass is 319 g/mol. The Kier molecular flexibility index (Phi) is 3.58. The number of rotatable bonds is 3. The van der Waals surface area contributed by atoms with Crippen LogP contribution in [0.5, 0.6) is 5.75 Å². The maximum atomic E-state index is 14.1. The topological polar surface area (TPSA) is 46.6 Å². The molecule has 0 saturated carbocycles. The molecule has 0 aliphatic carbocycles. The largest absolute Gasteiger partial charge is 0.489 e. The molecular formula is C16H11ClFNO3. The van der Waals surface area contributed by atoms with E-state index in [0.717, 1.165) is 11.0 Å². The van der Waals surface area contributed by atoms with Crippen LogP contribution in [0.15, 0.2) is 36.4 Å². The predicted molar refractivity (Wildman–Crippen MR) is 80.2 cm³/mol. The molecule has 4 nitrogen and oxygen atoms in total. The molecule has 1 aliphatic heterocycles. The van der Waals surface area contributed by atoms with E-state index in [-0.39, 0.29) is 34.2 Å². The quantitative estimate of drug-likeness (QED) is 0.811. The minimum atomic E-state index is -0.721. The zero-order valence-corrected chi connectivity index (χ0v) is 12.4. The Labute approximate surface area is 131 Å².